The summed E-state index contributed by atoms with van der Waals surface area (Å²) < 4.78 is 0. The minimum atomic E-state index is 0.0762. The normalized spacial score (nSPS) is 10.6. The third-order valence-electron chi connectivity index (χ3n) is 2.36. The van der Waals surface area contributed by atoms with Crippen LogP contribution in [0.3, 0.4) is 0 Å². The predicted molar refractivity (Wildman–Crippen MR) is 72.1 cm³/mol. The van der Waals surface area contributed by atoms with Crippen LogP contribution in [0.5, 0.6) is 0 Å². The van der Waals surface area contributed by atoms with Crippen molar-refractivity contribution >= 4 is 5.91 Å². The molecule has 100 valence electrons. The van der Waals surface area contributed by atoms with Crippen molar-refractivity contribution in [3.63, 3.8) is 0 Å². The smallest absolute Gasteiger partial charge is 0.234 e. The lowest BCUT2D eigenvalue weighted by Gasteiger charge is -2.10. The van der Waals surface area contributed by atoms with Crippen molar-refractivity contribution in [1.82, 2.24) is 20.5 Å². The molecule has 2 N–H and O–H groups in total. The summed E-state index contributed by atoms with van der Waals surface area (Å²) in [6.45, 7) is 2.87. The predicted octanol–water partition coefficient (Wildman–Crippen LogP) is 0.239. The number of hydrogen-bond acceptors (Lipinski definition) is 4. The topological polar surface area (TPSA) is 57.3 Å². The number of hydrogen-bond donors (Lipinski definition) is 2. The zero-order valence-corrected chi connectivity index (χ0v) is 11.1. The van der Waals surface area contributed by atoms with Crippen LogP contribution in [0.15, 0.2) is 24.5 Å². The van der Waals surface area contributed by atoms with E-state index >= 15 is 0 Å². The van der Waals surface area contributed by atoms with Gasteiger partial charge in [0.2, 0.25) is 5.91 Å². The summed E-state index contributed by atoms with van der Waals surface area (Å²) in [4.78, 5) is 17.2. The maximum atomic E-state index is 11.3. The maximum absolute atomic E-state index is 11.3. The molecular weight excluding hydrogens is 228 g/mol. The quantitative estimate of drug-likeness (QED) is 0.649. The molecule has 1 rings (SSSR count). The van der Waals surface area contributed by atoms with Gasteiger partial charge in [0.1, 0.15) is 0 Å². The maximum Gasteiger partial charge on any atom is 0.234 e. The molecule has 5 heteroatoms. The Morgan fingerprint density at radius 1 is 1.39 bits per heavy atom. The average Bonchev–Trinajstić information content (AvgIpc) is 2.34. The highest BCUT2D eigenvalue weighted by Gasteiger charge is 2.00. The molecule has 1 aromatic heterocycles. The third-order valence-corrected chi connectivity index (χ3v) is 2.36. The van der Waals surface area contributed by atoms with Gasteiger partial charge in [0.25, 0.3) is 0 Å². The monoisotopic (exact) mass is 250 g/mol. The standard InChI is InChI=1S/C13H22N4O/c1-17(2)11-13(18)16-8-4-7-15-10-12-5-3-6-14-9-12/h3,5-6,9,15H,4,7-8,10-11H2,1-2H3,(H,16,18). The van der Waals surface area contributed by atoms with Crippen LogP contribution in [0, 0.1) is 0 Å². The van der Waals surface area contributed by atoms with Gasteiger partial charge in [0.05, 0.1) is 6.54 Å². The molecule has 1 aromatic rings. The number of nitrogens with zero attached hydrogens (tertiary/aromatic N) is 2. The van der Waals surface area contributed by atoms with Gasteiger partial charge in [-0.25, -0.2) is 0 Å². The first-order valence-electron chi connectivity index (χ1n) is 6.19. The van der Waals surface area contributed by atoms with Crippen molar-refractivity contribution in [1.29, 1.82) is 0 Å². The summed E-state index contributed by atoms with van der Waals surface area (Å²) in [7, 11) is 3.77. The molecule has 0 aliphatic heterocycles. The van der Waals surface area contributed by atoms with E-state index in [-0.39, 0.29) is 5.91 Å². The van der Waals surface area contributed by atoms with Gasteiger partial charge in [0.15, 0.2) is 0 Å². The molecule has 5 nitrogen and oxygen atoms in total. The molecule has 0 radical (unpaired) electrons. The lowest BCUT2D eigenvalue weighted by Crippen LogP contribution is -2.34. The van der Waals surface area contributed by atoms with Gasteiger partial charge in [-0.15, -0.1) is 0 Å². The van der Waals surface area contributed by atoms with Crippen LogP contribution >= 0.6 is 0 Å². The van der Waals surface area contributed by atoms with Crippen molar-refractivity contribution in [2.75, 3.05) is 33.7 Å². The summed E-state index contributed by atoms with van der Waals surface area (Å²) in [5.74, 6) is 0.0762. The van der Waals surface area contributed by atoms with E-state index in [1.165, 1.54) is 5.56 Å². The Morgan fingerprint density at radius 3 is 2.89 bits per heavy atom. The first kappa shape index (κ1) is 14.6. The Labute approximate surface area is 109 Å². The van der Waals surface area contributed by atoms with E-state index in [0.717, 1.165) is 19.5 Å². The number of aromatic nitrogens is 1. The number of carbonyl (C=O) groups excluding carboxylic acids is 1. The van der Waals surface area contributed by atoms with Crippen molar-refractivity contribution in [3.8, 4) is 0 Å². The first-order chi connectivity index (χ1) is 8.68. The van der Waals surface area contributed by atoms with Crippen LogP contribution in [0.1, 0.15) is 12.0 Å². The van der Waals surface area contributed by atoms with Crippen LogP contribution in [0.25, 0.3) is 0 Å². The second kappa shape index (κ2) is 8.60. The summed E-state index contributed by atoms with van der Waals surface area (Å²) in [6.07, 6.45) is 4.55. The number of rotatable bonds is 8. The molecule has 0 aliphatic carbocycles. The molecule has 0 aliphatic rings. The molecule has 1 heterocycles. The molecule has 1 amide bonds. The second-order valence-corrected chi connectivity index (χ2v) is 4.48. The van der Waals surface area contributed by atoms with Crippen LogP contribution in [-0.4, -0.2) is 49.5 Å². The zero-order chi connectivity index (χ0) is 13.2. The van der Waals surface area contributed by atoms with E-state index in [1.54, 1.807) is 6.20 Å². The molecular formula is C13H22N4O. The lowest BCUT2D eigenvalue weighted by atomic mass is 10.3. The van der Waals surface area contributed by atoms with Gasteiger partial charge >= 0.3 is 0 Å². The largest absolute Gasteiger partial charge is 0.355 e. The Balaban J connectivity index is 1.98. The van der Waals surface area contributed by atoms with E-state index in [2.05, 4.69) is 15.6 Å². The van der Waals surface area contributed by atoms with Gasteiger partial charge < -0.3 is 15.5 Å². The number of amides is 1. The summed E-state index contributed by atoms with van der Waals surface area (Å²) in [5, 5.41) is 6.19. The molecule has 0 spiro atoms. The molecule has 0 fully saturated rings. The van der Waals surface area contributed by atoms with E-state index in [1.807, 2.05) is 37.3 Å². The third kappa shape index (κ3) is 6.98. The van der Waals surface area contributed by atoms with Crippen LogP contribution in [-0.2, 0) is 11.3 Å². The number of carbonyl (C=O) groups is 1. The van der Waals surface area contributed by atoms with Crippen molar-refractivity contribution in [2.24, 2.45) is 0 Å². The second-order valence-electron chi connectivity index (χ2n) is 4.48. The molecule has 0 saturated carbocycles. The molecule has 0 aromatic carbocycles. The minimum Gasteiger partial charge on any atom is -0.355 e. The van der Waals surface area contributed by atoms with Crippen molar-refractivity contribution in [2.45, 2.75) is 13.0 Å². The lowest BCUT2D eigenvalue weighted by molar-refractivity contribution is -0.121. The summed E-state index contributed by atoms with van der Waals surface area (Å²) in [6, 6.07) is 3.97. The molecule has 0 bridgehead atoms. The van der Waals surface area contributed by atoms with E-state index < -0.39 is 0 Å². The van der Waals surface area contributed by atoms with Crippen molar-refractivity contribution in [3.05, 3.63) is 30.1 Å². The minimum absolute atomic E-state index is 0.0762. The fourth-order valence-electron chi connectivity index (χ4n) is 1.52. The number of likely N-dealkylation sites (N-methyl/N-ethyl adjacent to an activating group) is 1. The van der Waals surface area contributed by atoms with E-state index in [9.17, 15) is 4.79 Å². The van der Waals surface area contributed by atoms with Crippen LogP contribution in [0.4, 0.5) is 0 Å². The van der Waals surface area contributed by atoms with Crippen LogP contribution < -0.4 is 10.6 Å². The van der Waals surface area contributed by atoms with Gasteiger partial charge in [-0.2, -0.15) is 0 Å². The Hall–Kier alpha value is -1.46. The van der Waals surface area contributed by atoms with Crippen LogP contribution in [0.2, 0.25) is 0 Å². The average molecular weight is 250 g/mol. The highest BCUT2D eigenvalue weighted by atomic mass is 16.1. The highest BCUT2D eigenvalue weighted by Crippen LogP contribution is 1.93. The van der Waals surface area contributed by atoms with Gasteiger partial charge in [-0.3, -0.25) is 9.78 Å². The van der Waals surface area contributed by atoms with E-state index in [0.29, 0.717) is 13.1 Å². The fraction of sp³-hybridized carbons (Fsp3) is 0.538. The molecule has 0 atom stereocenters. The first-order valence-corrected chi connectivity index (χ1v) is 6.19. The summed E-state index contributed by atoms with van der Waals surface area (Å²) in [5.41, 5.74) is 1.18. The van der Waals surface area contributed by atoms with Gasteiger partial charge in [0, 0.05) is 25.5 Å². The Morgan fingerprint density at radius 2 is 2.22 bits per heavy atom. The Bertz CT molecular complexity index is 340. The zero-order valence-electron chi connectivity index (χ0n) is 11.1. The van der Waals surface area contributed by atoms with E-state index in [4.69, 9.17) is 0 Å². The van der Waals surface area contributed by atoms with Gasteiger partial charge in [-0.05, 0) is 38.7 Å². The SMILES string of the molecule is CN(C)CC(=O)NCCCNCc1cccnc1. The Kier molecular flexibility index (Phi) is 6.98. The van der Waals surface area contributed by atoms with Crippen molar-refractivity contribution < 1.29 is 4.79 Å². The molecule has 0 unspecified atom stereocenters. The molecule has 0 saturated heterocycles. The number of pyridine rings is 1. The highest BCUT2D eigenvalue weighted by molar-refractivity contribution is 5.77. The molecule has 18 heavy (non-hydrogen) atoms. The fourth-order valence-corrected chi connectivity index (χ4v) is 1.52. The number of nitrogens with one attached hydrogen (secondary N) is 2. The summed E-state index contributed by atoms with van der Waals surface area (Å²) >= 11 is 0. The van der Waals surface area contributed by atoms with Gasteiger partial charge in [-0.1, -0.05) is 6.07 Å².